The first-order valence-corrected chi connectivity index (χ1v) is 6.81. The molecule has 0 saturated heterocycles. The molecule has 0 saturated carbocycles. The maximum Gasteiger partial charge on any atom is 0.364 e. The number of ketones is 1. The number of carbonyl (C=O) groups is 1. The lowest BCUT2D eigenvalue weighted by Crippen LogP contribution is -2.11. The summed E-state index contributed by atoms with van der Waals surface area (Å²) in [5, 5.41) is 0.248. The monoisotopic (exact) mass is 232 g/mol. The van der Waals surface area contributed by atoms with Crippen LogP contribution in [0.1, 0.15) is 33.1 Å². The second-order valence-electron chi connectivity index (χ2n) is 3.24. The van der Waals surface area contributed by atoms with E-state index in [-0.39, 0.29) is 24.3 Å². The molecule has 86 valence electrons. The van der Waals surface area contributed by atoms with Gasteiger partial charge in [0.1, 0.15) is 5.31 Å². The van der Waals surface area contributed by atoms with Crippen molar-refractivity contribution in [1.82, 2.24) is 0 Å². The Morgan fingerprint density at radius 1 is 1.33 bits per heavy atom. The number of hydrogen-bond acceptors (Lipinski definition) is 4. The van der Waals surface area contributed by atoms with E-state index in [0.29, 0.717) is 6.42 Å². The van der Waals surface area contributed by atoms with E-state index in [2.05, 4.69) is 0 Å². The van der Waals surface area contributed by atoms with Gasteiger partial charge in [-0.1, -0.05) is 6.08 Å². The first-order chi connectivity index (χ1) is 7.14. The number of carbonyl (C=O) groups excluding carboxylic acids is 1. The van der Waals surface area contributed by atoms with Gasteiger partial charge in [0, 0.05) is 6.42 Å². The highest BCUT2D eigenvalue weighted by molar-refractivity contribution is 7.60. The molecule has 4 nitrogen and oxygen atoms in total. The highest BCUT2D eigenvalue weighted by Crippen LogP contribution is 2.57. The largest absolute Gasteiger partial charge is 0.364 e. The molecule has 0 amide bonds. The Hall–Kier alpha value is -0.440. The van der Waals surface area contributed by atoms with Gasteiger partial charge in [0.25, 0.3) is 0 Å². The molecule has 1 aliphatic rings. The Kier molecular flexibility index (Phi) is 4.71. The normalized spacial score (nSPS) is 17.7. The third-order valence-electron chi connectivity index (χ3n) is 2.12. The third kappa shape index (κ3) is 3.00. The van der Waals surface area contributed by atoms with Crippen molar-refractivity contribution in [3.63, 3.8) is 0 Å². The lowest BCUT2D eigenvalue weighted by Gasteiger charge is -2.21. The zero-order valence-corrected chi connectivity index (χ0v) is 10.1. The van der Waals surface area contributed by atoms with Crippen LogP contribution in [0.2, 0.25) is 0 Å². The molecule has 0 atom stereocenters. The van der Waals surface area contributed by atoms with Crippen molar-refractivity contribution in [2.75, 3.05) is 13.2 Å². The van der Waals surface area contributed by atoms with Crippen molar-refractivity contribution in [3.8, 4) is 0 Å². The van der Waals surface area contributed by atoms with Gasteiger partial charge in [0.2, 0.25) is 0 Å². The summed E-state index contributed by atoms with van der Waals surface area (Å²) in [4.78, 5) is 11.6. The van der Waals surface area contributed by atoms with Crippen LogP contribution in [0.4, 0.5) is 0 Å². The van der Waals surface area contributed by atoms with Crippen LogP contribution >= 0.6 is 7.60 Å². The maximum absolute atomic E-state index is 12.2. The zero-order valence-electron chi connectivity index (χ0n) is 9.19. The van der Waals surface area contributed by atoms with Crippen molar-refractivity contribution in [2.45, 2.75) is 33.1 Å². The van der Waals surface area contributed by atoms with E-state index >= 15 is 0 Å². The number of rotatable bonds is 5. The minimum Gasteiger partial charge on any atom is -0.305 e. The van der Waals surface area contributed by atoms with Crippen LogP contribution in [0, 0.1) is 0 Å². The molecule has 0 aromatic rings. The minimum atomic E-state index is -3.34. The first-order valence-electron chi connectivity index (χ1n) is 5.27. The van der Waals surface area contributed by atoms with E-state index in [1.165, 1.54) is 0 Å². The Labute approximate surface area is 90.2 Å². The predicted octanol–water partition coefficient (Wildman–Crippen LogP) is 2.89. The van der Waals surface area contributed by atoms with E-state index in [1.807, 2.05) is 0 Å². The molecule has 0 aliphatic heterocycles. The Balaban J connectivity index is 2.92. The molecule has 0 aromatic heterocycles. The average Bonchev–Trinajstić information content (AvgIpc) is 2.19. The van der Waals surface area contributed by atoms with Gasteiger partial charge in [0.05, 0.1) is 13.2 Å². The van der Waals surface area contributed by atoms with Crippen LogP contribution in [0.5, 0.6) is 0 Å². The van der Waals surface area contributed by atoms with Crippen molar-refractivity contribution >= 4 is 13.4 Å². The highest BCUT2D eigenvalue weighted by atomic mass is 31.2. The lowest BCUT2D eigenvalue weighted by atomic mass is 10.1. The topological polar surface area (TPSA) is 52.6 Å². The van der Waals surface area contributed by atoms with E-state index in [0.717, 1.165) is 12.8 Å². The fraction of sp³-hybridized carbons (Fsp3) is 0.700. The Bertz CT molecular complexity index is 299. The SMILES string of the molecule is CCOP(=O)(OCC)C1=CCCCC1=O. The molecule has 1 aliphatic carbocycles. The number of Topliss-reactive ketones (excluding diaryl/α,β-unsaturated/α-hetero) is 1. The Morgan fingerprint density at radius 3 is 2.40 bits per heavy atom. The van der Waals surface area contributed by atoms with Gasteiger partial charge in [-0.2, -0.15) is 0 Å². The molecular weight excluding hydrogens is 215 g/mol. The fourth-order valence-electron chi connectivity index (χ4n) is 1.52. The van der Waals surface area contributed by atoms with Gasteiger partial charge in [-0.05, 0) is 26.7 Å². The smallest absolute Gasteiger partial charge is 0.305 e. The van der Waals surface area contributed by atoms with Crippen LogP contribution in [0.25, 0.3) is 0 Å². The van der Waals surface area contributed by atoms with Crippen molar-refractivity contribution in [1.29, 1.82) is 0 Å². The molecule has 0 spiro atoms. The lowest BCUT2D eigenvalue weighted by molar-refractivity contribution is -0.115. The predicted molar refractivity (Wildman–Crippen MR) is 57.8 cm³/mol. The van der Waals surface area contributed by atoms with E-state index in [4.69, 9.17) is 9.05 Å². The van der Waals surface area contributed by atoms with Crippen molar-refractivity contribution in [2.24, 2.45) is 0 Å². The average molecular weight is 232 g/mol. The number of allylic oxidation sites excluding steroid dienone is 2. The highest BCUT2D eigenvalue weighted by Gasteiger charge is 2.35. The molecule has 15 heavy (non-hydrogen) atoms. The molecule has 1 rings (SSSR count). The summed E-state index contributed by atoms with van der Waals surface area (Å²) in [5.41, 5.74) is 0. The van der Waals surface area contributed by atoms with E-state index < -0.39 is 7.60 Å². The summed E-state index contributed by atoms with van der Waals surface area (Å²) < 4.78 is 22.5. The molecule has 5 heteroatoms. The van der Waals surface area contributed by atoms with Gasteiger partial charge in [0.15, 0.2) is 5.78 Å². The molecule has 0 heterocycles. The quantitative estimate of drug-likeness (QED) is 0.684. The maximum atomic E-state index is 12.2. The van der Waals surface area contributed by atoms with Crippen molar-refractivity contribution < 1.29 is 18.4 Å². The summed E-state index contributed by atoms with van der Waals surface area (Å²) in [7, 11) is -3.34. The summed E-state index contributed by atoms with van der Waals surface area (Å²) >= 11 is 0. The van der Waals surface area contributed by atoms with Crippen LogP contribution in [-0.2, 0) is 18.4 Å². The van der Waals surface area contributed by atoms with Crippen LogP contribution in [0.15, 0.2) is 11.4 Å². The third-order valence-corrected chi connectivity index (χ3v) is 4.34. The summed E-state index contributed by atoms with van der Waals surface area (Å²) in [5.74, 6) is -0.105. The summed E-state index contributed by atoms with van der Waals surface area (Å²) in [6.07, 6.45) is 3.72. The van der Waals surface area contributed by atoms with Gasteiger partial charge in [-0.15, -0.1) is 0 Å². The van der Waals surface area contributed by atoms with Gasteiger partial charge in [-0.25, -0.2) is 0 Å². The van der Waals surface area contributed by atoms with Crippen LogP contribution < -0.4 is 0 Å². The first kappa shape index (κ1) is 12.6. The Morgan fingerprint density at radius 2 is 1.93 bits per heavy atom. The molecular formula is C10H17O4P. The molecule has 0 radical (unpaired) electrons. The standard InChI is InChI=1S/C10H17O4P/c1-3-13-15(12,14-4-2)10-8-6-5-7-9(10)11/h8H,3-7H2,1-2H3. The van der Waals surface area contributed by atoms with Gasteiger partial charge < -0.3 is 9.05 Å². The molecule has 0 N–H and O–H groups in total. The second-order valence-corrected chi connectivity index (χ2v) is 5.23. The van der Waals surface area contributed by atoms with Crippen LogP contribution in [0.3, 0.4) is 0 Å². The summed E-state index contributed by atoms with van der Waals surface area (Å²) in [6.45, 7) is 4.03. The van der Waals surface area contributed by atoms with E-state index in [9.17, 15) is 9.36 Å². The van der Waals surface area contributed by atoms with Crippen molar-refractivity contribution in [3.05, 3.63) is 11.4 Å². The molecule has 0 aromatic carbocycles. The summed E-state index contributed by atoms with van der Waals surface area (Å²) in [6, 6.07) is 0. The second kappa shape index (κ2) is 5.59. The molecule has 0 bridgehead atoms. The van der Waals surface area contributed by atoms with Crippen LogP contribution in [-0.4, -0.2) is 19.0 Å². The number of hydrogen-bond donors (Lipinski definition) is 0. The van der Waals surface area contributed by atoms with Gasteiger partial charge >= 0.3 is 7.60 Å². The fourth-order valence-corrected chi connectivity index (χ4v) is 3.33. The van der Waals surface area contributed by atoms with E-state index in [1.54, 1.807) is 19.9 Å². The van der Waals surface area contributed by atoms with Gasteiger partial charge in [-0.3, -0.25) is 9.36 Å². The minimum absolute atomic E-state index is 0.105. The zero-order chi connectivity index (χ0) is 11.3. The molecule has 0 fully saturated rings. The molecule has 0 unspecified atom stereocenters.